The molecule has 21 heavy (non-hydrogen) atoms. The average molecular weight is 294 g/mol. The van der Waals surface area contributed by atoms with E-state index in [0.29, 0.717) is 5.57 Å². The Morgan fingerprint density at radius 1 is 1.19 bits per heavy atom. The number of furan rings is 1. The van der Waals surface area contributed by atoms with Gasteiger partial charge in [0.2, 0.25) is 0 Å². The molecule has 2 aromatic rings. The van der Waals surface area contributed by atoms with E-state index < -0.39 is 0 Å². The molecular weight excluding hydrogens is 280 g/mol. The zero-order valence-electron chi connectivity index (χ0n) is 11.5. The molecule has 1 aliphatic rings. The molecule has 1 atom stereocenters. The van der Waals surface area contributed by atoms with Gasteiger partial charge in [0.05, 0.1) is 28.9 Å². The lowest BCUT2D eigenvalue weighted by atomic mass is 9.93. The number of hydrogen-bond acceptors (Lipinski definition) is 4. The number of nitrogens with zero attached hydrogens (tertiary/aromatic N) is 1. The topological polar surface area (TPSA) is 49.0 Å². The molecule has 1 aromatic carbocycles. The summed E-state index contributed by atoms with van der Waals surface area (Å²) in [4.78, 5) is 0. The van der Waals surface area contributed by atoms with Crippen molar-refractivity contribution in [3.8, 4) is 6.07 Å². The minimum Gasteiger partial charge on any atom is -0.468 e. The largest absolute Gasteiger partial charge is 0.468 e. The summed E-state index contributed by atoms with van der Waals surface area (Å²) in [6, 6.07) is 16.2. The highest BCUT2D eigenvalue weighted by molar-refractivity contribution is 8.02. The molecule has 2 heterocycles. The number of thioether (sulfide) groups is 1. The van der Waals surface area contributed by atoms with E-state index in [2.05, 4.69) is 11.4 Å². The fourth-order valence-electron chi connectivity index (χ4n) is 2.38. The van der Waals surface area contributed by atoms with Crippen LogP contribution in [-0.4, -0.2) is 6.26 Å². The molecule has 0 radical (unpaired) electrons. The Bertz CT molecular complexity index is 724. The lowest BCUT2D eigenvalue weighted by Gasteiger charge is -2.24. The molecule has 0 aliphatic carbocycles. The van der Waals surface area contributed by atoms with Gasteiger partial charge in [0.15, 0.2) is 0 Å². The molecule has 3 rings (SSSR count). The second-order valence-electron chi connectivity index (χ2n) is 4.62. The first-order chi connectivity index (χ1) is 10.3. The smallest absolute Gasteiger partial charge is 0.115 e. The molecule has 0 saturated carbocycles. The predicted molar refractivity (Wildman–Crippen MR) is 85.2 cm³/mol. The zero-order chi connectivity index (χ0) is 14.7. The molecule has 1 aliphatic heterocycles. The van der Waals surface area contributed by atoms with Crippen molar-refractivity contribution in [2.24, 2.45) is 0 Å². The molecule has 0 spiro atoms. The van der Waals surface area contributed by atoms with Crippen LogP contribution in [0.15, 0.2) is 69.8 Å². The maximum Gasteiger partial charge on any atom is 0.115 e. The number of hydrogen-bond donors (Lipinski definition) is 1. The summed E-state index contributed by atoms with van der Waals surface area (Å²) in [5, 5.41) is 13.7. The van der Waals surface area contributed by atoms with E-state index in [1.165, 1.54) is 0 Å². The van der Waals surface area contributed by atoms with Crippen LogP contribution in [-0.2, 0) is 0 Å². The van der Waals surface area contributed by atoms with Crippen LogP contribution in [0.2, 0.25) is 0 Å². The van der Waals surface area contributed by atoms with E-state index in [4.69, 9.17) is 4.42 Å². The Balaban J connectivity index is 2.08. The summed E-state index contributed by atoms with van der Waals surface area (Å²) < 4.78 is 5.52. The molecule has 1 N–H and O–H groups in total. The highest BCUT2D eigenvalue weighted by atomic mass is 32.2. The van der Waals surface area contributed by atoms with Crippen LogP contribution in [0.25, 0.3) is 5.70 Å². The van der Waals surface area contributed by atoms with Gasteiger partial charge in [0.25, 0.3) is 0 Å². The van der Waals surface area contributed by atoms with Crippen molar-refractivity contribution in [1.29, 1.82) is 5.26 Å². The molecular formula is C17H14N2OS. The quantitative estimate of drug-likeness (QED) is 0.925. The van der Waals surface area contributed by atoms with Gasteiger partial charge in [-0.3, -0.25) is 0 Å². The normalized spacial score (nSPS) is 17.9. The first-order valence-electron chi connectivity index (χ1n) is 6.59. The number of nitriles is 1. The zero-order valence-corrected chi connectivity index (χ0v) is 12.4. The Labute approximate surface area is 128 Å². The van der Waals surface area contributed by atoms with Gasteiger partial charge in [0, 0.05) is 5.70 Å². The van der Waals surface area contributed by atoms with Crippen molar-refractivity contribution in [3.63, 3.8) is 0 Å². The lowest BCUT2D eigenvalue weighted by Crippen LogP contribution is -2.19. The first kappa shape index (κ1) is 13.6. The Morgan fingerprint density at radius 3 is 2.62 bits per heavy atom. The number of allylic oxidation sites excluding steroid dienone is 2. The van der Waals surface area contributed by atoms with Gasteiger partial charge in [-0.15, -0.1) is 11.8 Å². The fraction of sp³-hybridized carbons (Fsp3) is 0.118. The van der Waals surface area contributed by atoms with Gasteiger partial charge < -0.3 is 9.73 Å². The summed E-state index contributed by atoms with van der Waals surface area (Å²) in [5.74, 6) is 0.636. The second kappa shape index (κ2) is 5.94. The third kappa shape index (κ3) is 2.61. The molecule has 3 nitrogen and oxygen atoms in total. The molecule has 0 amide bonds. The van der Waals surface area contributed by atoms with Crippen molar-refractivity contribution in [2.75, 3.05) is 6.26 Å². The number of nitrogens with one attached hydrogen (secondary N) is 1. The van der Waals surface area contributed by atoms with Crippen molar-refractivity contribution in [2.45, 2.75) is 5.92 Å². The van der Waals surface area contributed by atoms with Crippen LogP contribution in [0, 0.1) is 11.3 Å². The average Bonchev–Trinajstić information content (AvgIpc) is 3.08. The van der Waals surface area contributed by atoms with Gasteiger partial charge in [-0.25, -0.2) is 0 Å². The van der Waals surface area contributed by atoms with Gasteiger partial charge in [-0.1, -0.05) is 30.3 Å². The SMILES string of the molecule is CSC1=C(C#N)C(c2ccco2)C=C(c2ccccc2)N1. The van der Waals surface area contributed by atoms with Crippen LogP contribution in [0.1, 0.15) is 17.2 Å². The summed E-state index contributed by atoms with van der Waals surface area (Å²) in [6.45, 7) is 0. The second-order valence-corrected chi connectivity index (χ2v) is 5.44. The molecule has 104 valence electrons. The Morgan fingerprint density at radius 2 is 2.00 bits per heavy atom. The minimum atomic E-state index is -0.149. The number of rotatable bonds is 3. The number of benzene rings is 1. The Kier molecular flexibility index (Phi) is 3.85. The predicted octanol–water partition coefficient (Wildman–Crippen LogP) is 4.11. The van der Waals surface area contributed by atoms with E-state index in [1.807, 2.05) is 54.8 Å². The van der Waals surface area contributed by atoms with Crippen molar-refractivity contribution >= 4 is 17.5 Å². The maximum atomic E-state index is 9.49. The van der Waals surface area contributed by atoms with Crippen molar-refractivity contribution < 1.29 is 4.42 Å². The molecule has 1 unspecified atom stereocenters. The van der Waals surface area contributed by atoms with E-state index in [-0.39, 0.29) is 5.92 Å². The van der Waals surface area contributed by atoms with E-state index in [0.717, 1.165) is 22.0 Å². The fourth-order valence-corrected chi connectivity index (χ4v) is 2.99. The summed E-state index contributed by atoms with van der Waals surface area (Å²) >= 11 is 1.54. The Hall–Kier alpha value is -2.38. The van der Waals surface area contributed by atoms with Crippen LogP contribution in [0.5, 0.6) is 0 Å². The van der Waals surface area contributed by atoms with Crippen molar-refractivity contribution in [1.82, 2.24) is 5.32 Å². The van der Waals surface area contributed by atoms with Crippen LogP contribution in [0.3, 0.4) is 0 Å². The van der Waals surface area contributed by atoms with Gasteiger partial charge in [-0.05, 0) is 30.0 Å². The monoisotopic (exact) mass is 294 g/mol. The molecule has 0 fully saturated rings. The third-order valence-corrected chi connectivity index (χ3v) is 4.13. The summed E-state index contributed by atoms with van der Waals surface area (Å²) in [5.41, 5.74) is 2.79. The number of dihydropyridines is 1. The standard InChI is InChI=1S/C17H14N2OS/c1-21-17-14(11-18)13(16-8-5-9-20-16)10-15(19-17)12-6-3-2-4-7-12/h2-10,13,19H,1H3. The third-order valence-electron chi connectivity index (χ3n) is 3.40. The van der Waals surface area contributed by atoms with Crippen molar-refractivity contribution in [3.05, 3.63) is 76.7 Å². The van der Waals surface area contributed by atoms with Gasteiger partial charge in [-0.2, -0.15) is 5.26 Å². The summed E-state index contributed by atoms with van der Waals surface area (Å²) in [6.07, 6.45) is 5.65. The molecule has 4 heteroatoms. The lowest BCUT2D eigenvalue weighted by molar-refractivity contribution is 0.505. The molecule has 1 aromatic heterocycles. The molecule has 0 saturated heterocycles. The van der Waals surface area contributed by atoms with E-state index >= 15 is 0 Å². The molecule has 0 bridgehead atoms. The van der Waals surface area contributed by atoms with Crippen LogP contribution < -0.4 is 5.32 Å². The highest BCUT2D eigenvalue weighted by Gasteiger charge is 2.26. The van der Waals surface area contributed by atoms with Crippen LogP contribution in [0.4, 0.5) is 0 Å². The minimum absolute atomic E-state index is 0.149. The maximum absolute atomic E-state index is 9.49. The van der Waals surface area contributed by atoms with Gasteiger partial charge >= 0.3 is 0 Å². The van der Waals surface area contributed by atoms with E-state index in [9.17, 15) is 5.26 Å². The summed E-state index contributed by atoms with van der Waals surface area (Å²) in [7, 11) is 0. The highest BCUT2D eigenvalue weighted by Crippen LogP contribution is 2.37. The van der Waals surface area contributed by atoms with Gasteiger partial charge in [0.1, 0.15) is 5.76 Å². The van der Waals surface area contributed by atoms with Crippen LogP contribution >= 0.6 is 11.8 Å². The van der Waals surface area contributed by atoms with E-state index in [1.54, 1.807) is 18.0 Å². The first-order valence-corrected chi connectivity index (χ1v) is 7.82.